The van der Waals surface area contributed by atoms with Gasteiger partial charge in [-0.05, 0) is 30.2 Å². The van der Waals surface area contributed by atoms with Gasteiger partial charge in [0.2, 0.25) is 5.91 Å². The molecule has 0 aromatic carbocycles. The summed E-state index contributed by atoms with van der Waals surface area (Å²) in [6.07, 6.45) is 3.14. The molecule has 0 aliphatic carbocycles. The molecule has 0 saturated carbocycles. The zero-order valence-electron chi connectivity index (χ0n) is 17.0. The summed E-state index contributed by atoms with van der Waals surface area (Å²) in [5.74, 6) is -3.83. The van der Waals surface area contributed by atoms with Gasteiger partial charge in [0.15, 0.2) is 5.65 Å². The van der Waals surface area contributed by atoms with Crippen molar-refractivity contribution in [3.8, 4) is 0 Å². The minimum atomic E-state index is -3.15. The van der Waals surface area contributed by atoms with Gasteiger partial charge in [0.25, 0.3) is 11.5 Å². The second-order valence-corrected chi connectivity index (χ2v) is 7.55. The molecular weight excluding hydrogens is 408 g/mol. The van der Waals surface area contributed by atoms with Crippen LogP contribution in [0.5, 0.6) is 0 Å². The highest BCUT2D eigenvalue weighted by Crippen LogP contribution is 2.28. The molecule has 0 radical (unpaired) electrons. The molecule has 9 nitrogen and oxygen atoms in total. The lowest BCUT2D eigenvalue weighted by Gasteiger charge is -2.15. The first-order valence-corrected chi connectivity index (χ1v) is 9.53. The maximum Gasteiger partial charge on any atom is 0.286 e. The SMILES string of the molecule is CC(C)c1nn(CC(=O)Nc2ccc3nncn3c2)c(=O)c2ccc(C(C)(F)F)nc12. The van der Waals surface area contributed by atoms with Gasteiger partial charge in [0.1, 0.15) is 18.6 Å². The van der Waals surface area contributed by atoms with E-state index in [2.05, 4.69) is 25.6 Å². The Kier molecular flexibility index (Phi) is 4.96. The van der Waals surface area contributed by atoms with Crippen LogP contribution in [0.2, 0.25) is 0 Å². The molecule has 160 valence electrons. The third-order valence-electron chi connectivity index (χ3n) is 4.70. The van der Waals surface area contributed by atoms with E-state index in [0.717, 1.165) is 17.7 Å². The molecule has 0 spiro atoms. The van der Waals surface area contributed by atoms with Crippen LogP contribution in [-0.4, -0.2) is 35.3 Å². The Balaban J connectivity index is 1.68. The predicted molar refractivity (Wildman–Crippen MR) is 109 cm³/mol. The van der Waals surface area contributed by atoms with Gasteiger partial charge in [0.05, 0.1) is 22.3 Å². The summed E-state index contributed by atoms with van der Waals surface area (Å²) in [5, 5.41) is 14.7. The maximum atomic E-state index is 13.7. The standard InChI is InChI=1S/C20H19F2N7O2/c1-11(2)17-18-13(5-6-14(25-18)20(3,21)22)19(31)29(27-17)9-16(30)24-12-4-7-15-26-23-10-28(15)8-12/h4-8,10-11H,9H2,1-3H3,(H,24,30). The molecule has 4 rings (SSSR count). The number of amides is 1. The molecule has 1 amide bonds. The molecule has 11 heteroatoms. The van der Waals surface area contributed by atoms with Gasteiger partial charge >= 0.3 is 0 Å². The zero-order chi connectivity index (χ0) is 22.3. The van der Waals surface area contributed by atoms with E-state index < -0.39 is 23.1 Å². The van der Waals surface area contributed by atoms with Crippen molar-refractivity contribution in [3.05, 3.63) is 58.5 Å². The van der Waals surface area contributed by atoms with Crippen LogP contribution in [0.1, 0.15) is 38.1 Å². The maximum absolute atomic E-state index is 13.7. The molecule has 0 unspecified atom stereocenters. The van der Waals surface area contributed by atoms with Gasteiger partial charge < -0.3 is 5.32 Å². The first-order valence-electron chi connectivity index (χ1n) is 9.53. The molecule has 0 atom stereocenters. The van der Waals surface area contributed by atoms with Crippen LogP contribution in [0.15, 0.2) is 41.6 Å². The van der Waals surface area contributed by atoms with Crippen molar-refractivity contribution in [2.24, 2.45) is 0 Å². The van der Waals surface area contributed by atoms with Crippen molar-refractivity contribution in [2.75, 3.05) is 5.32 Å². The number of carbonyl (C=O) groups excluding carboxylic acids is 1. The quantitative estimate of drug-likeness (QED) is 0.525. The number of aromatic nitrogens is 6. The summed E-state index contributed by atoms with van der Waals surface area (Å²) in [6, 6.07) is 5.77. The third-order valence-corrected chi connectivity index (χ3v) is 4.70. The monoisotopic (exact) mass is 427 g/mol. The van der Waals surface area contributed by atoms with E-state index in [1.807, 2.05) is 13.8 Å². The average Bonchev–Trinajstić information content (AvgIpc) is 3.16. The summed E-state index contributed by atoms with van der Waals surface area (Å²) in [4.78, 5) is 29.4. The van der Waals surface area contributed by atoms with Crippen molar-refractivity contribution < 1.29 is 13.6 Å². The Morgan fingerprint density at radius 1 is 1.23 bits per heavy atom. The van der Waals surface area contributed by atoms with Gasteiger partial charge in [-0.3, -0.25) is 14.0 Å². The number of alkyl halides is 2. The highest BCUT2D eigenvalue weighted by Gasteiger charge is 2.27. The first kappa shape index (κ1) is 20.5. The lowest BCUT2D eigenvalue weighted by atomic mass is 10.1. The highest BCUT2D eigenvalue weighted by atomic mass is 19.3. The van der Waals surface area contributed by atoms with Crippen LogP contribution in [0, 0.1) is 0 Å². The Labute approximate surface area is 174 Å². The Hall–Kier alpha value is -3.76. The Bertz CT molecular complexity index is 1360. The smallest absolute Gasteiger partial charge is 0.286 e. The van der Waals surface area contributed by atoms with E-state index in [9.17, 15) is 18.4 Å². The summed E-state index contributed by atoms with van der Waals surface area (Å²) in [5.41, 5.74) is 0.571. The van der Waals surface area contributed by atoms with Gasteiger partial charge in [-0.1, -0.05) is 13.8 Å². The van der Waals surface area contributed by atoms with Crippen LogP contribution in [0.4, 0.5) is 14.5 Å². The minimum absolute atomic E-state index is 0.119. The van der Waals surface area contributed by atoms with E-state index >= 15 is 0 Å². The van der Waals surface area contributed by atoms with Gasteiger partial charge in [-0.25, -0.2) is 9.67 Å². The van der Waals surface area contributed by atoms with Crippen LogP contribution < -0.4 is 10.9 Å². The lowest BCUT2D eigenvalue weighted by Crippen LogP contribution is -2.31. The molecule has 31 heavy (non-hydrogen) atoms. The number of nitrogens with one attached hydrogen (secondary N) is 1. The molecule has 0 aliphatic rings. The summed E-state index contributed by atoms with van der Waals surface area (Å²) >= 11 is 0. The van der Waals surface area contributed by atoms with Crippen LogP contribution in [0.25, 0.3) is 16.6 Å². The van der Waals surface area contributed by atoms with Gasteiger partial charge in [-0.15, -0.1) is 10.2 Å². The lowest BCUT2D eigenvalue weighted by molar-refractivity contribution is -0.117. The van der Waals surface area contributed by atoms with E-state index in [1.165, 1.54) is 12.4 Å². The summed E-state index contributed by atoms with van der Waals surface area (Å²) in [7, 11) is 0. The summed E-state index contributed by atoms with van der Waals surface area (Å²) in [6.45, 7) is 4.01. The van der Waals surface area contributed by atoms with Gasteiger partial charge in [-0.2, -0.15) is 13.9 Å². The molecule has 1 N–H and O–H groups in total. The molecule has 4 heterocycles. The fourth-order valence-electron chi connectivity index (χ4n) is 3.17. The molecular formula is C20H19F2N7O2. The number of anilines is 1. The van der Waals surface area contributed by atoms with Crippen LogP contribution >= 0.6 is 0 Å². The summed E-state index contributed by atoms with van der Waals surface area (Å²) < 4.78 is 30.1. The second-order valence-electron chi connectivity index (χ2n) is 7.55. The number of halogens is 2. The topological polar surface area (TPSA) is 107 Å². The fourth-order valence-corrected chi connectivity index (χ4v) is 3.17. The molecule has 0 aliphatic heterocycles. The van der Waals surface area contributed by atoms with E-state index in [1.54, 1.807) is 22.7 Å². The molecule has 0 saturated heterocycles. The van der Waals surface area contributed by atoms with E-state index in [0.29, 0.717) is 17.0 Å². The number of hydrogen-bond donors (Lipinski definition) is 1. The normalized spacial score (nSPS) is 12.1. The highest BCUT2D eigenvalue weighted by molar-refractivity contribution is 5.90. The number of carbonyl (C=O) groups is 1. The van der Waals surface area contributed by atoms with Crippen LogP contribution in [0.3, 0.4) is 0 Å². The Morgan fingerprint density at radius 2 is 2.00 bits per heavy atom. The zero-order valence-corrected chi connectivity index (χ0v) is 17.0. The third kappa shape index (κ3) is 3.98. The molecule has 4 aromatic rings. The van der Waals surface area contributed by atoms with Crippen molar-refractivity contribution in [2.45, 2.75) is 39.2 Å². The molecule has 4 aromatic heterocycles. The number of fused-ring (bicyclic) bond motifs is 2. The fraction of sp³-hybridized carbons (Fsp3) is 0.300. The number of pyridine rings is 2. The number of nitrogens with zero attached hydrogens (tertiary/aromatic N) is 6. The average molecular weight is 427 g/mol. The van der Waals surface area contributed by atoms with Crippen molar-refractivity contribution in [1.82, 2.24) is 29.4 Å². The van der Waals surface area contributed by atoms with Crippen molar-refractivity contribution >= 4 is 28.1 Å². The van der Waals surface area contributed by atoms with E-state index in [-0.39, 0.29) is 23.4 Å². The first-order chi connectivity index (χ1) is 14.6. The predicted octanol–water partition coefficient (Wildman–Crippen LogP) is 2.71. The molecule has 0 bridgehead atoms. The van der Waals surface area contributed by atoms with Crippen molar-refractivity contribution in [3.63, 3.8) is 0 Å². The van der Waals surface area contributed by atoms with Gasteiger partial charge in [0, 0.05) is 13.1 Å². The number of hydrogen-bond acceptors (Lipinski definition) is 6. The Morgan fingerprint density at radius 3 is 2.71 bits per heavy atom. The second kappa shape index (κ2) is 7.49. The largest absolute Gasteiger partial charge is 0.323 e. The van der Waals surface area contributed by atoms with E-state index in [4.69, 9.17) is 0 Å². The van der Waals surface area contributed by atoms with Crippen LogP contribution in [-0.2, 0) is 17.3 Å². The molecule has 0 fully saturated rings. The number of rotatable bonds is 5. The minimum Gasteiger partial charge on any atom is -0.323 e. The van der Waals surface area contributed by atoms with Crippen molar-refractivity contribution in [1.29, 1.82) is 0 Å².